The number of aldehydes is 1. The standard InChI is InChI=1S/C15H12N2O4S/c1-19-13-6-10(7-18)2-3-12(13)20-8-14-16-15(17-21-14)11-4-5-22-9-11/h2-7,9H,8H2,1H3. The van der Waals surface area contributed by atoms with Crippen LogP contribution in [0.4, 0.5) is 0 Å². The molecule has 0 atom stereocenters. The van der Waals surface area contributed by atoms with E-state index in [-0.39, 0.29) is 6.61 Å². The molecule has 0 aliphatic rings. The summed E-state index contributed by atoms with van der Waals surface area (Å²) in [6.45, 7) is 0.119. The van der Waals surface area contributed by atoms with Crippen LogP contribution in [-0.4, -0.2) is 23.5 Å². The molecule has 0 amide bonds. The van der Waals surface area contributed by atoms with E-state index in [1.165, 1.54) is 7.11 Å². The Hall–Kier alpha value is -2.67. The Balaban J connectivity index is 1.71. The van der Waals surface area contributed by atoms with Crippen molar-refractivity contribution in [3.8, 4) is 22.9 Å². The van der Waals surface area contributed by atoms with Gasteiger partial charge in [-0.05, 0) is 29.6 Å². The minimum Gasteiger partial charge on any atom is -0.493 e. The summed E-state index contributed by atoms with van der Waals surface area (Å²) in [5, 5.41) is 7.79. The van der Waals surface area contributed by atoms with Crippen LogP contribution >= 0.6 is 11.3 Å². The number of methoxy groups -OCH3 is 1. The average molecular weight is 316 g/mol. The lowest BCUT2D eigenvalue weighted by atomic mass is 10.2. The third-order valence-electron chi connectivity index (χ3n) is 2.92. The van der Waals surface area contributed by atoms with E-state index in [1.807, 2.05) is 16.8 Å². The normalized spacial score (nSPS) is 10.4. The van der Waals surface area contributed by atoms with Crippen LogP contribution in [0.5, 0.6) is 11.5 Å². The fraction of sp³-hybridized carbons (Fsp3) is 0.133. The van der Waals surface area contributed by atoms with Gasteiger partial charge < -0.3 is 14.0 Å². The van der Waals surface area contributed by atoms with Gasteiger partial charge >= 0.3 is 0 Å². The second-order valence-corrected chi connectivity index (χ2v) is 5.12. The summed E-state index contributed by atoms with van der Waals surface area (Å²) in [7, 11) is 1.51. The van der Waals surface area contributed by atoms with Gasteiger partial charge in [-0.1, -0.05) is 5.16 Å². The van der Waals surface area contributed by atoms with Gasteiger partial charge in [0.25, 0.3) is 5.89 Å². The van der Waals surface area contributed by atoms with Crippen molar-refractivity contribution < 1.29 is 18.8 Å². The van der Waals surface area contributed by atoms with Gasteiger partial charge in [0.15, 0.2) is 18.1 Å². The predicted octanol–water partition coefficient (Wildman–Crippen LogP) is 3.20. The van der Waals surface area contributed by atoms with E-state index >= 15 is 0 Å². The molecule has 0 aliphatic carbocycles. The van der Waals surface area contributed by atoms with E-state index in [0.717, 1.165) is 11.8 Å². The van der Waals surface area contributed by atoms with Gasteiger partial charge in [0.2, 0.25) is 5.82 Å². The fourth-order valence-corrected chi connectivity index (χ4v) is 2.47. The van der Waals surface area contributed by atoms with E-state index in [4.69, 9.17) is 14.0 Å². The summed E-state index contributed by atoms with van der Waals surface area (Å²) < 4.78 is 16.0. The fourth-order valence-electron chi connectivity index (χ4n) is 1.84. The molecule has 0 radical (unpaired) electrons. The van der Waals surface area contributed by atoms with E-state index in [0.29, 0.717) is 28.8 Å². The topological polar surface area (TPSA) is 74.5 Å². The zero-order chi connectivity index (χ0) is 15.4. The molecular formula is C15H12N2O4S. The van der Waals surface area contributed by atoms with Crippen LogP contribution < -0.4 is 9.47 Å². The Morgan fingerprint density at radius 3 is 2.95 bits per heavy atom. The summed E-state index contributed by atoms with van der Waals surface area (Å²) in [4.78, 5) is 15.0. The molecule has 7 heteroatoms. The Morgan fingerprint density at radius 1 is 1.32 bits per heavy atom. The van der Waals surface area contributed by atoms with Gasteiger partial charge in [0.1, 0.15) is 6.29 Å². The van der Waals surface area contributed by atoms with Gasteiger partial charge in [-0.25, -0.2) is 0 Å². The summed E-state index contributed by atoms with van der Waals surface area (Å²) in [5.41, 5.74) is 1.43. The van der Waals surface area contributed by atoms with Crippen LogP contribution in [0.1, 0.15) is 16.2 Å². The van der Waals surface area contributed by atoms with Crippen LogP contribution in [0, 0.1) is 0 Å². The number of hydrogen-bond acceptors (Lipinski definition) is 7. The SMILES string of the molecule is COc1cc(C=O)ccc1OCc1nc(-c2ccsc2)no1. The Morgan fingerprint density at radius 2 is 2.23 bits per heavy atom. The lowest BCUT2D eigenvalue weighted by Crippen LogP contribution is -1.98. The van der Waals surface area contributed by atoms with E-state index in [9.17, 15) is 4.79 Å². The predicted molar refractivity (Wildman–Crippen MR) is 80.3 cm³/mol. The summed E-state index contributed by atoms with van der Waals surface area (Å²) in [6.07, 6.45) is 0.747. The van der Waals surface area contributed by atoms with E-state index < -0.39 is 0 Å². The first-order valence-corrected chi connectivity index (χ1v) is 7.35. The van der Waals surface area contributed by atoms with Crippen molar-refractivity contribution in [1.29, 1.82) is 0 Å². The van der Waals surface area contributed by atoms with Crippen molar-refractivity contribution in [3.63, 3.8) is 0 Å². The molecule has 0 fully saturated rings. The summed E-state index contributed by atoms with van der Waals surface area (Å²) in [6, 6.07) is 6.84. The van der Waals surface area contributed by atoms with Crippen molar-refractivity contribution in [3.05, 3.63) is 46.5 Å². The molecule has 0 N–H and O–H groups in total. The number of carbonyl (C=O) groups excluding carboxylic acids is 1. The Kier molecular flexibility index (Phi) is 4.15. The van der Waals surface area contributed by atoms with Crippen LogP contribution in [0.2, 0.25) is 0 Å². The van der Waals surface area contributed by atoms with Crippen molar-refractivity contribution >= 4 is 17.6 Å². The highest BCUT2D eigenvalue weighted by atomic mass is 32.1. The molecule has 3 rings (SSSR count). The maximum Gasteiger partial charge on any atom is 0.264 e. The summed E-state index contributed by atoms with van der Waals surface area (Å²) >= 11 is 1.56. The van der Waals surface area contributed by atoms with Gasteiger partial charge in [-0.2, -0.15) is 16.3 Å². The third kappa shape index (κ3) is 2.99. The molecule has 22 heavy (non-hydrogen) atoms. The van der Waals surface area contributed by atoms with Gasteiger partial charge in [-0.3, -0.25) is 4.79 Å². The Labute approximate surface area is 130 Å². The van der Waals surface area contributed by atoms with E-state index in [1.54, 1.807) is 29.5 Å². The average Bonchev–Trinajstić information content (AvgIpc) is 3.23. The number of benzene rings is 1. The number of nitrogens with zero attached hydrogens (tertiary/aromatic N) is 2. The molecule has 0 saturated carbocycles. The minimum absolute atomic E-state index is 0.119. The molecule has 2 aromatic heterocycles. The Bertz CT molecular complexity index is 768. The number of aromatic nitrogens is 2. The van der Waals surface area contributed by atoms with Crippen LogP contribution in [0.15, 0.2) is 39.5 Å². The second-order valence-electron chi connectivity index (χ2n) is 4.34. The zero-order valence-electron chi connectivity index (χ0n) is 11.7. The van der Waals surface area contributed by atoms with Gasteiger partial charge in [0, 0.05) is 16.5 Å². The lowest BCUT2D eigenvalue weighted by Gasteiger charge is -2.09. The van der Waals surface area contributed by atoms with Crippen molar-refractivity contribution in [2.24, 2.45) is 0 Å². The van der Waals surface area contributed by atoms with Crippen molar-refractivity contribution in [1.82, 2.24) is 10.1 Å². The minimum atomic E-state index is 0.119. The highest BCUT2D eigenvalue weighted by molar-refractivity contribution is 7.08. The highest BCUT2D eigenvalue weighted by Crippen LogP contribution is 2.28. The largest absolute Gasteiger partial charge is 0.493 e. The zero-order valence-corrected chi connectivity index (χ0v) is 12.5. The molecule has 0 unspecified atom stereocenters. The maximum atomic E-state index is 10.8. The number of thiophene rings is 1. The molecule has 2 heterocycles. The first kappa shape index (κ1) is 14.3. The van der Waals surface area contributed by atoms with Gasteiger partial charge in [0.05, 0.1) is 7.11 Å². The van der Waals surface area contributed by atoms with Gasteiger partial charge in [-0.15, -0.1) is 0 Å². The second kappa shape index (κ2) is 6.40. The smallest absolute Gasteiger partial charge is 0.264 e. The quantitative estimate of drug-likeness (QED) is 0.650. The number of rotatable bonds is 6. The van der Waals surface area contributed by atoms with E-state index in [2.05, 4.69) is 10.1 Å². The number of hydrogen-bond donors (Lipinski definition) is 0. The lowest BCUT2D eigenvalue weighted by molar-refractivity contribution is 0.112. The first-order valence-electron chi connectivity index (χ1n) is 6.41. The molecule has 3 aromatic rings. The third-order valence-corrected chi connectivity index (χ3v) is 3.61. The summed E-state index contributed by atoms with van der Waals surface area (Å²) in [5.74, 6) is 1.87. The first-order chi connectivity index (χ1) is 10.8. The maximum absolute atomic E-state index is 10.8. The molecule has 1 aromatic carbocycles. The molecule has 0 bridgehead atoms. The molecule has 0 aliphatic heterocycles. The molecule has 6 nitrogen and oxygen atoms in total. The van der Waals surface area contributed by atoms with Crippen molar-refractivity contribution in [2.75, 3.05) is 7.11 Å². The molecular weight excluding hydrogens is 304 g/mol. The number of carbonyl (C=O) groups is 1. The van der Waals surface area contributed by atoms with Crippen LogP contribution in [0.25, 0.3) is 11.4 Å². The van der Waals surface area contributed by atoms with Crippen LogP contribution in [-0.2, 0) is 6.61 Å². The molecule has 0 saturated heterocycles. The van der Waals surface area contributed by atoms with Crippen LogP contribution in [0.3, 0.4) is 0 Å². The van der Waals surface area contributed by atoms with Crippen molar-refractivity contribution in [2.45, 2.75) is 6.61 Å². The highest BCUT2D eigenvalue weighted by Gasteiger charge is 2.11. The monoisotopic (exact) mass is 316 g/mol. The molecule has 112 valence electrons. The molecule has 0 spiro atoms. The number of ether oxygens (including phenoxy) is 2.